The molecule has 0 aliphatic heterocycles. The highest BCUT2D eigenvalue weighted by atomic mass is 16.5. The van der Waals surface area contributed by atoms with Crippen LogP contribution < -0.4 is 0 Å². The van der Waals surface area contributed by atoms with Gasteiger partial charge in [0.2, 0.25) is 0 Å². The van der Waals surface area contributed by atoms with Gasteiger partial charge in [-0.25, -0.2) is 4.79 Å². The molecule has 15 heavy (non-hydrogen) atoms. The molecule has 0 aromatic heterocycles. The monoisotopic (exact) mass is 213 g/mol. The van der Waals surface area contributed by atoms with E-state index in [1.54, 1.807) is 6.92 Å². The molecule has 0 fully saturated rings. The van der Waals surface area contributed by atoms with Gasteiger partial charge in [0.25, 0.3) is 0 Å². The van der Waals surface area contributed by atoms with Crippen molar-refractivity contribution in [1.82, 2.24) is 4.90 Å². The number of nitrogens with zero attached hydrogens (tertiary/aromatic N) is 1. The molecule has 0 aliphatic rings. The highest BCUT2D eigenvalue weighted by Gasteiger charge is 2.13. The van der Waals surface area contributed by atoms with Gasteiger partial charge in [-0.1, -0.05) is 26.3 Å². The number of ether oxygens (including phenoxy) is 1. The molecule has 0 bridgehead atoms. The SMILES string of the molecule is C=C(C)C(=O)OCC(CCCC)N(C)C. The van der Waals surface area contributed by atoms with Crippen molar-refractivity contribution in [3.8, 4) is 0 Å². The fourth-order valence-corrected chi connectivity index (χ4v) is 1.23. The van der Waals surface area contributed by atoms with Gasteiger partial charge in [-0.05, 0) is 27.4 Å². The molecule has 0 rings (SSSR count). The minimum atomic E-state index is -0.293. The number of likely N-dealkylation sites (N-methyl/N-ethyl adjacent to an activating group) is 1. The van der Waals surface area contributed by atoms with Gasteiger partial charge < -0.3 is 9.64 Å². The molecular formula is C12H23NO2. The molecule has 1 atom stereocenters. The lowest BCUT2D eigenvalue weighted by atomic mass is 10.1. The Hall–Kier alpha value is -0.830. The van der Waals surface area contributed by atoms with E-state index in [0.717, 1.165) is 12.8 Å². The summed E-state index contributed by atoms with van der Waals surface area (Å²) >= 11 is 0. The second kappa shape index (κ2) is 7.46. The highest BCUT2D eigenvalue weighted by Crippen LogP contribution is 2.07. The Kier molecular flexibility index (Phi) is 7.05. The average molecular weight is 213 g/mol. The van der Waals surface area contributed by atoms with Crippen LogP contribution in [0.1, 0.15) is 33.1 Å². The smallest absolute Gasteiger partial charge is 0.333 e. The van der Waals surface area contributed by atoms with Crippen molar-refractivity contribution in [2.24, 2.45) is 0 Å². The first kappa shape index (κ1) is 14.2. The van der Waals surface area contributed by atoms with Crippen LogP contribution in [0.2, 0.25) is 0 Å². The van der Waals surface area contributed by atoms with Crippen molar-refractivity contribution in [1.29, 1.82) is 0 Å². The van der Waals surface area contributed by atoms with Crippen LogP contribution in [0.5, 0.6) is 0 Å². The molecule has 0 aromatic rings. The first-order valence-electron chi connectivity index (χ1n) is 5.48. The summed E-state index contributed by atoms with van der Waals surface area (Å²) in [5.41, 5.74) is 0.461. The number of carbonyl (C=O) groups excluding carboxylic acids is 1. The number of hydrogen-bond acceptors (Lipinski definition) is 3. The Labute approximate surface area is 93.1 Å². The Morgan fingerprint density at radius 1 is 1.47 bits per heavy atom. The van der Waals surface area contributed by atoms with E-state index < -0.39 is 0 Å². The molecule has 0 heterocycles. The highest BCUT2D eigenvalue weighted by molar-refractivity contribution is 5.86. The zero-order valence-corrected chi connectivity index (χ0v) is 10.4. The molecule has 0 N–H and O–H groups in total. The van der Waals surface area contributed by atoms with Crippen molar-refractivity contribution in [2.45, 2.75) is 39.2 Å². The first-order valence-corrected chi connectivity index (χ1v) is 5.48. The van der Waals surface area contributed by atoms with Gasteiger partial charge in [-0.3, -0.25) is 0 Å². The molecule has 0 aliphatic carbocycles. The fourth-order valence-electron chi connectivity index (χ4n) is 1.23. The van der Waals surface area contributed by atoms with E-state index in [1.807, 2.05) is 14.1 Å². The lowest BCUT2D eigenvalue weighted by molar-refractivity contribution is -0.140. The van der Waals surface area contributed by atoms with E-state index >= 15 is 0 Å². The van der Waals surface area contributed by atoms with E-state index in [2.05, 4.69) is 18.4 Å². The fraction of sp³-hybridized carbons (Fsp3) is 0.750. The molecule has 3 nitrogen and oxygen atoms in total. The van der Waals surface area contributed by atoms with E-state index in [0.29, 0.717) is 18.2 Å². The summed E-state index contributed by atoms with van der Waals surface area (Å²) in [4.78, 5) is 13.3. The number of hydrogen-bond donors (Lipinski definition) is 0. The molecule has 0 spiro atoms. The van der Waals surface area contributed by atoms with Gasteiger partial charge in [-0.2, -0.15) is 0 Å². The maximum atomic E-state index is 11.2. The van der Waals surface area contributed by atoms with Crippen LogP contribution in [-0.4, -0.2) is 37.6 Å². The van der Waals surface area contributed by atoms with E-state index in [-0.39, 0.29) is 5.97 Å². The molecule has 1 unspecified atom stereocenters. The largest absolute Gasteiger partial charge is 0.461 e. The molecule has 0 radical (unpaired) electrons. The van der Waals surface area contributed by atoms with Gasteiger partial charge in [0, 0.05) is 11.6 Å². The number of rotatable bonds is 7. The maximum Gasteiger partial charge on any atom is 0.333 e. The third-order valence-electron chi connectivity index (χ3n) is 2.38. The summed E-state index contributed by atoms with van der Waals surface area (Å²) in [5, 5.41) is 0. The lowest BCUT2D eigenvalue weighted by Gasteiger charge is -2.23. The van der Waals surface area contributed by atoms with Gasteiger partial charge >= 0.3 is 5.97 Å². The predicted molar refractivity (Wildman–Crippen MR) is 62.8 cm³/mol. The van der Waals surface area contributed by atoms with Gasteiger partial charge in [-0.15, -0.1) is 0 Å². The zero-order chi connectivity index (χ0) is 11.8. The van der Waals surface area contributed by atoms with Crippen molar-refractivity contribution in [3.63, 3.8) is 0 Å². The van der Waals surface area contributed by atoms with Crippen LogP contribution in [0.4, 0.5) is 0 Å². The molecule has 0 saturated heterocycles. The number of unbranched alkanes of at least 4 members (excludes halogenated alkanes) is 1. The van der Waals surface area contributed by atoms with Crippen molar-refractivity contribution in [2.75, 3.05) is 20.7 Å². The zero-order valence-electron chi connectivity index (χ0n) is 10.4. The van der Waals surface area contributed by atoms with Gasteiger partial charge in [0.1, 0.15) is 6.61 Å². The van der Waals surface area contributed by atoms with Crippen molar-refractivity contribution >= 4 is 5.97 Å². The van der Waals surface area contributed by atoms with E-state index in [1.165, 1.54) is 6.42 Å². The molecular weight excluding hydrogens is 190 g/mol. The molecule has 88 valence electrons. The summed E-state index contributed by atoms with van der Waals surface area (Å²) in [5.74, 6) is -0.293. The minimum absolute atomic E-state index is 0.293. The van der Waals surface area contributed by atoms with Crippen molar-refractivity contribution < 1.29 is 9.53 Å². The summed E-state index contributed by atoms with van der Waals surface area (Å²) in [6.45, 7) is 7.83. The number of carbonyl (C=O) groups is 1. The third-order valence-corrected chi connectivity index (χ3v) is 2.38. The summed E-state index contributed by atoms with van der Waals surface area (Å²) in [7, 11) is 4.02. The second-order valence-electron chi connectivity index (χ2n) is 4.14. The second-order valence-corrected chi connectivity index (χ2v) is 4.14. The maximum absolute atomic E-state index is 11.2. The van der Waals surface area contributed by atoms with Crippen LogP contribution in [0, 0.1) is 0 Å². The molecule has 0 saturated carbocycles. The summed E-state index contributed by atoms with van der Waals surface area (Å²) in [6.07, 6.45) is 3.39. The molecule has 0 amide bonds. The Morgan fingerprint density at radius 3 is 2.47 bits per heavy atom. The Balaban J connectivity index is 3.95. The molecule has 3 heteroatoms. The van der Waals surface area contributed by atoms with Crippen LogP contribution in [-0.2, 0) is 9.53 Å². The Bertz CT molecular complexity index is 212. The predicted octanol–water partition coefficient (Wildman–Crippen LogP) is 2.23. The summed E-state index contributed by atoms with van der Waals surface area (Å²) in [6, 6.07) is 0.313. The van der Waals surface area contributed by atoms with Gasteiger partial charge in [0.15, 0.2) is 0 Å². The Morgan fingerprint density at radius 2 is 2.07 bits per heavy atom. The summed E-state index contributed by atoms with van der Waals surface area (Å²) < 4.78 is 5.14. The number of esters is 1. The third kappa shape index (κ3) is 6.28. The minimum Gasteiger partial charge on any atom is -0.461 e. The van der Waals surface area contributed by atoms with Crippen molar-refractivity contribution in [3.05, 3.63) is 12.2 Å². The first-order chi connectivity index (χ1) is 6.99. The standard InChI is InChI=1S/C12H23NO2/c1-6-7-8-11(13(4)5)9-15-12(14)10(2)3/h11H,2,6-9H2,1,3-5H3. The quantitative estimate of drug-likeness (QED) is 0.480. The lowest BCUT2D eigenvalue weighted by Crippen LogP contribution is -2.33. The topological polar surface area (TPSA) is 29.5 Å². The van der Waals surface area contributed by atoms with Crippen LogP contribution in [0.3, 0.4) is 0 Å². The van der Waals surface area contributed by atoms with Gasteiger partial charge in [0.05, 0.1) is 0 Å². The van der Waals surface area contributed by atoms with E-state index in [4.69, 9.17) is 4.74 Å². The van der Waals surface area contributed by atoms with E-state index in [9.17, 15) is 4.79 Å². The molecule has 0 aromatic carbocycles. The normalized spacial score (nSPS) is 12.6. The van der Waals surface area contributed by atoms with Crippen LogP contribution in [0.25, 0.3) is 0 Å². The average Bonchev–Trinajstić information content (AvgIpc) is 2.16. The van der Waals surface area contributed by atoms with Crippen LogP contribution >= 0.6 is 0 Å². The van der Waals surface area contributed by atoms with Crippen LogP contribution in [0.15, 0.2) is 12.2 Å².